The zero-order valence-corrected chi connectivity index (χ0v) is 28.1. The Morgan fingerprint density at radius 1 is 1.15 bits per heavy atom. The number of halogens is 1. The van der Waals surface area contributed by atoms with Gasteiger partial charge in [-0.1, -0.05) is 38.1 Å². The molecule has 14 heteroatoms. The summed E-state index contributed by atoms with van der Waals surface area (Å²) in [6.07, 6.45) is 4.54. The van der Waals surface area contributed by atoms with Crippen LogP contribution >= 0.6 is 11.6 Å². The van der Waals surface area contributed by atoms with Crippen molar-refractivity contribution in [3.63, 3.8) is 0 Å². The lowest BCUT2D eigenvalue weighted by molar-refractivity contribution is -0.127. The monoisotopic (exact) mass is 672 g/mol. The smallest absolute Gasteiger partial charge is 0.346 e. The average Bonchev–Trinajstić information content (AvgIpc) is 3.45. The predicted molar refractivity (Wildman–Crippen MR) is 181 cm³/mol. The van der Waals surface area contributed by atoms with Gasteiger partial charge in [0.2, 0.25) is 5.91 Å². The number of aryl methyl sites for hydroxylation is 2. The Morgan fingerprint density at radius 2 is 1.91 bits per heavy atom. The van der Waals surface area contributed by atoms with Gasteiger partial charge in [0.05, 0.1) is 51.0 Å². The van der Waals surface area contributed by atoms with Gasteiger partial charge in [0.15, 0.2) is 15.5 Å². The lowest BCUT2D eigenvalue weighted by atomic mass is 10.00. The summed E-state index contributed by atoms with van der Waals surface area (Å²) < 4.78 is 30.7. The summed E-state index contributed by atoms with van der Waals surface area (Å²) in [4.78, 5) is 44.7. The van der Waals surface area contributed by atoms with Gasteiger partial charge >= 0.3 is 5.69 Å². The van der Waals surface area contributed by atoms with Crippen LogP contribution in [-0.4, -0.2) is 79.9 Å². The van der Waals surface area contributed by atoms with E-state index in [2.05, 4.69) is 26.7 Å². The Labute approximate surface area is 276 Å². The number of sulfone groups is 1. The van der Waals surface area contributed by atoms with Crippen molar-refractivity contribution < 1.29 is 13.2 Å². The number of aromatic nitrogens is 6. The van der Waals surface area contributed by atoms with E-state index in [0.717, 1.165) is 11.1 Å². The van der Waals surface area contributed by atoms with E-state index in [4.69, 9.17) is 16.6 Å². The van der Waals surface area contributed by atoms with Crippen LogP contribution in [0.1, 0.15) is 43.5 Å². The number of rotatable bonds is 4. The number of hydrogen-bond donors (Lipinski definition) is 1. The Hall–Kier alpha value is -4.62. The van der Waals surface area contributed by atoms with Crippen LogP contribution in [0, 0.1) is 13.8 Å². The van der Waals surface area contributed by atoms with Crippen molar-refractivity contribution in [2.75, 3.05) is 23.7 Å². The summed E-state index contributed by atoms with van der Waals surface area (Å²) in [6, 6.07) is 4.45. The molecule has 4 aromatic heterocycles. The normalized spacial score (nSPS) is 18.9. The first-order chi connectivity index (χ1) is 22.3. The maximum atomic E-state index is 14.7. The summed E-state index contributed by atoms with van der Waals surface area (Å²) in [5.41, 5.74) is 3.65. The van der Waals surface area contributed by atoms with Gasteiger partial charge in [0, 0.05) is 36.3 Å². The molecule has 5 aromatic rings. The van der Waals surface area contributed by atoms with Crippen molar-refractivity contribution in [1.29, 1.82) is 0 Å². The highest BCUT2D eigenvalue weighted by Crippen LogP contribution is 2.46. The van der Waals surface area contributed by atoms with Crippen molar-refractivity contribution in [2.24, 2.45) is 0 Å². The number of piperazine rings is 1. The van der Waals surface area contributed by atoms with E-state index in [1.807, 2.05) is 51.7 Å². The first-order valence-electron chi connectivity index (χ1n) is 15.3. The Balaban J connectivity index is 1.67. The second kappa shape index (κ2) is 11.0. The van der Waals surface area contributed by atoms with Crippen molar-refractivity contribution in [1.82, 2.24) is 34.6 Å². The first-order valence-corrected chi connectivity index (χ1v) is 17.3. The van der Waals surface area contributed by atoms with Crippen molar-refractivity contribution >= 4 is 55.1 Å². The summed E-state index contributed by atoms with van der Waals surface area (Å²) in [5.74, 6) is -0.575. The zero-order chi connectivity index (χ0) is 33.5. The minimum Gasteiger partial charge on any atom is -0.346 e. The summed E-state index contributed by atoms with van der Waals surface area (Å²) in [6.45, 7) is 13.6. The van der Waals surface area contributed by atoms with E-state index in [9.17, 15) is 18.0 Å². The number of H-pyrrole nitrogens is 1. The number of nitrogens with zero attached hydrogens (tertiary/aromatic N) is 7. The molecule has 2 atom stereocenters. The molecule has 1 N–H and O–H groups in total. The molecule has 2 aliphatic rings. The molecule has 0 spiro atoms. The molecule has 1 fully saturated rings. The number of fused-ring (bicyclic) bond motifs is 3. The molecular formula is C33H33ClN8O4S. The molecule has 6 heterocycles. The third-order valence-electron chi connectivity index (χ3n) is 9.14. The molecule has 0 bridgehead atoms. The fraction of sp³-hybridized carbons (Fsp3) is 0.333. The largest absolute Gasteiger partial charge is 0.355 e. The fourth-order valence-electron chi connectivity index (χ4n) is 7.10. The molecule has 1 aromatic carbocycles. The van der Waals surface area contributed by atoms with Crippen LogP contribution in [0.3, 0.4) is 0 Å². The molecule has 7 rings (SSSR count). The second-order valence-corrected chi connectivity index (χ2v) is 14.9. The van der Waals surface area contributed by atoms with Crippen molar-refractivity contribution in [3.8, 4) is 16.9 Å². The van der Waals surface area contributed by atoms with Gasteiger partial charge in [0.1, 0.15) is 10.7 Å². The molecule has 0 radical (unpaired) electrons. The number of carbonyl (C=O) groups is 1. The number of pyridine rings is 2. The van der Waals surface area contributed by atoms with Crippen LogP contribution in [0.5, 0.6) is 0 Å². The van der Waals surface area contributed by atoms with Crippen LogP contribution in [0.25, 0.3) is 38.9 Å². The van der Waals surface area contributed by atoms with Gasteiger partial charge in [-0.3, -0.25) is 14.9 Å². The van der Waals surface area contributed by atoms with E-state index < -0.39 is 27.6 Å². The fourth-order valence-corrected chi connectivity index (χ4v) is 9.48. The first kappa shape index (κ1) is 31.0. The average molecular weight is 673 g/mol. The molecule has 1 amide bonds. The molecule has 2 aliphatic heterocycles. The van der Waals surface area contributed by atoms with Crippen LogP contribution < -0.4 is 10.6 Å². The van der Waals surface area contributed by atoms with Crippen LogP contribution in [0.15, 0.2) is 52.9 Å². The minimum absolute atomic E-state index is 0.0685. The Kier molecular flexibility index (Phi) is 7.24. The maximum Gasteiger partial charge on any atom is 0.355 e. The molecule has 2 unspecified atom stereocenters. The lowest BCUT2D eigenvalue weighted by Crippen LogP contribution is -2.61. The highest BCUT2D eigenvalue weighted by molar-refractivity contribution is 7.91. The number of anilines is 1. The molecule has 0 saturated carbocycles. The molecule has 0 aliphatic carbocycles. The van der Waals surface area contributed by atoms with Gasteiger partial charge in [-0.15, -0.1) is 0 Å². The summed E-state index contributed by atoms with van der Waals surface area (Å²) in [5, 5.41) is 7.96. The number of carbonyl (C=O) groups excluding carboxylic acids is 1. The third-order valence-corrected chi connectivity index (χ3v) is 11.5. The maximum absolute atomic E-state index is 14.7. The lowest BCUT2D eigenvalue weighted by Gasteiger charge is -2.45. The Bertz CT molecular complexity index is 2330. The van der Waals surface area contributed by atoms with Gasteiger partial charge < -0.3 is 9.80 Å². The van der Waals surface area contributed by atoms with Crippen LogP contribution in [0.4, 0.5) is 5.82 Å². The van der Waals surface area contributed by atoms with Crippen LogP contribution in [0.2, 0.25) is 5.02 Å². The standard InChI is InChI=1S/C33H33ClN8O4S/c1-7-23(43)40-13-19(6)41-20(14-40)15-47(45,46)30-25-31(37-28(26(30)34)24-17(4)8-9-22-21(24)12-36-39-22)42(33(44)38-32(25)41)29-18(5)10-11-35-27(29)16(2)3/h7-12,16,19-20H,1,13-15H2,2-6H3,(H,36,39). The van der Waals surface area contributed by atoms with Gasteiger partial charge in [-0.2, -0.15) is 10.1 Å². The molecule has 47 heavy (non-hydrogen) atoms. The van der Waals surface area contributed by atoms with E-state index in [1.165, 1.54) is 10.6 Å². The minimum atomic E-state index is -4.17. The highest BCUT2D eigenvalue weighted by Gasteiger charge is 2.44. The highest BCUT2D eigenvalue weighted by atomic mass is 35.5. The molecular weight excluding hydrogens is 640 g/mol. The quantitative estimate of drug-likeness (QED) is 0.273. The number of hydrogen-bond acceptors (Lipinski definition) is 9. The summed E-state index contributed by atoms with van der Waals surface area (Å²) >= 11 is 7.22. The second-order valence-electron chi connectivity index (χ2n) is 12.6. The van der Waals surface area contributed by atoms with E-state index in [-0.39, 0.29) is 63.1 Å². The van der Waals surface area contributed by atoms with E-state index >= 15 is 0 Å². The molecule has 12 nitrogen and oxygen atoms in total. The van der Waals surface area contributed by atoms with Gasteiger partial charge in [-0.25, -0.2) is 22.8 Å². The number of benzene rings is 1. The summed E-state index contributed by atoms with van der Waals surface area (Å²) in [7, 11) is -4.17. The molecule has 1 saturated heterocycles. The number of nitrogens with one attached hydrogen (secondary N) is 1. The topological polar surface area (TPSA) is 147 Å². The number of aromatic amines is 1. The SMILES string of the molecule is C=CC(=O)N1CC(C)N2c3nc(=O)n(-c4c(C)ccnc4C(C)C)c4nc(-c5c(C)ccc6[nH]ncc56)c(Cl)c(c34)S(=O)(=O)CC2C1. The van der Waals surface area contributed by atoms with Crippen LogP contribution in [-0.2, 0) is 14.6 Å². The third kappa shape index (κ3) is 4.66. The van der Waals surface area contributed by atoms with E-state index in [0.29, 0.717) is 27.8 Å². The molecule has 242 valence electrons. The van der Waals surface area contributed by atoms with Crippen molar-refractivity contribution in [3.05, 3.63) is 75.6 Å². The van der Waals surface area contributed by atoms with Gasteiger partial charge in [0.25, 0.3) is 0 Å². The number of amides is 1. The predicted octanol–water partition coefficient (Wildman–Crippen LogP) is 4.49. The van der Waals surface area contributed by atoms with Crippen molar-refractivity contribution in [2.45, 2.75) is 57.5 Å². The Morgan fingerprint density at radius 3 is 2.64 bits per heavy atom. The van der Waals surface area contributed by atoms with Gasteiger partial charge in [-0.05, 0) is 56.0 Å². The van der Waals surface area contributed by atoms with E-state index in [1.54, 1.807) is 23.4 Å². The zero-order valence-electron chi connectivity index (χ0n) is 26.6.